The summed E-state index contributed by atoms with van der Waals surface area (Å²) < 4.78 is 0. The normalized spacial score (nSPS) is 17.2. The summed E-state index contributed by atoms with van der Waals surface area (Å²) in [5.74, 6) is -0.124. The van der Waals surface area contributed by atoms with Gasteiger partial charge in [0.25, 0.3) is 0 Å². The van der Waals surface area contributed by atoms with Gasteiger partial charge >= 0.3 is 0 Å². The van der Waals surface area contributed by atoms with Gasteiger partial charge in [-0.25, -0.2) is 0 Å². The van der Waals surface area contributed by atoms with Crippen molar-refractivity contribution in [2.45, 2.75) is 45.6 Å². The average molecular weight is 228 g/mol. The molecule has 1 aliphatic rings. The van der Waals surface area contributed by atoms with Crippen LogP contribution in [0.2, 0.25) is 0 Å². The molecule has 0 aromatic carbocycles. The topological polar surface area (TPSA) is 46.3 Å². The maximum absolute atomic E-state index is 12.1. The van der Waals surface area contributed by atoms with Gasteiger partial charge in [-0.3, -0.25) is 4.79 Å². The molecule has 0 heterocycles. The van der Waals surface area contributed by atoms with Crippen molar-refractivity contribution >= 4 is 23.1 Å². The molecule has 4 heteroatoms. The second-order valence-electron chi connectivity index (χ2n) is 4.13. The molecule has 3 nitrogen and oxygen atoms in total. The fourth-order valence-electron chi connectivity index (χ4n) is 1.80. The molecule has 1 aliphatic carbocycles. The Morgan fingerprint density at radius 1 is 1.53 bits per heavy atom. The molecule has 0 aromatic rings. The van der Waals surface area contributed by atoms with Crippen LogP contribution in [-0.4, -0.2) is 28.4 Å². The lowest BCUT2D eigenvalue weighted by molar-refractivity contribution is -0.134. The van der Waals surface area contributed by atoms with Crippen LogP contribution in [0.5, 0.6) is 0 Å². The van der Waals surface area contributed by atoms with Crippen molar-refractivity contribution < 1.29 is 4.79 Å². The Hall–Kier alpha value is -0.640. The van der Waals surface area contributed by atoms with E-state index in [1.807, 2.05) is 11.8 Å². The Labute approximate surface area is 97.0 Å². The molecule has 15 heavy (non-hydrogen) atoms. The zero-order chi connectivity index (χ0) is 11.4. The van der Waals surface area contributed by atoms with Crippen molar-refractivity contribution in [3.05, 3.63) is 0 Å². The third kappa shape index (κ3) is 3.16. The number of carbonyl (C=O) groups excluding carboxylic acids is 1. The maximum Gasteiger partial charge on any atom is 0.232 e. The van der Waals surface area contributed by atoms with Crippen molar-refractivity contribution in [2.75, 3.05) is 6.54 Å². The van der Waals surface area contributed by atoms with Gasteiger partial charge in [0.05, 0.1) is 10.9 Å². The smallest absolute Gasteiger partial charge is 0.232 e. The van der Waals surface area contributed by atoms with Gasteiger partial charge in [0, 0.05) is 12.6 Å². The molecule has 1 amide bonds. The van der Waals surface area contributed by atoms with Crippen molar-refractivity contribution in [3.63, 3.8) is 0 Å². The quantitative estimate of drug-likeness (QED) is 0.704. The minimum Gasteiger partial charge on any atom is -0.393 e. The molecule has 2 N–H and O–H groups in total. The molecule has 0 spiro atoms. The van der Waals surface area contributed by atoms with E-state index in [4.69, 9.17) is 18.0 Å². The third-order valence-electron chi connectivity index (χ3n) is 2.79. The highest BCUT2D eigenvalue weighted by molar-refractivity contribution is 7.80. The summed E-state index contributed by atoms with van der Waals surface area (Å²) in [6, 6.07) is 0.459. The largest absolute Gasteiger partial charge is 0.393 e. The Morgan fingerprint density at radius 2 is 2.13 bits per heavy atom. The summed E-state index contributed by atoms with van der Waals surface area (Å²) >= 11 is 4.93. The van der Waals surface area contributed by atoms with E-state index in [-0.39, 0.29) is 11.8 Å². The first-order valence-electron chi connectivity index (χ1n) is 5.71. The van der Waals surface area contributed by atoms with Gasteiger partial charge in [0.2, 0.25) is 5.91 Å². The first kappa shape index (κ1) is 12.4. The SMILES string of the molecule is CCCN(C(=O)C(CC)C(N)=S)C1CC1. The van der Waals surface area contributed by atoms with E-state index >= 15 is 0 Å². The van der Waals surface area contributed by atoms with Crippen LogP contribution in [-0.2, 0) is 4.79 Å². The fraction of sp³-hybridized carbons (Fsp3) is 0.818. The minimum absolute atomic E-state index is 0.134. The number of nitrogens with zero attached hydrogens (tertiary/aromatic N) is 1. The van der Waals surface area contributed by atoms with Crippen LogP contribution in [0.4, 0.5) is 0 Å². The van der Waals surface area contributed by atoms with Gasteiger partial charge in [0.15, 0.2) is 0 Å². The molecule has 0 saturated heterocycles. The monoisotopic (exact) mass is 228 g/mol. The van der Waals surface area contributed by atoms with E-state index in [0.717, 1.165) is 25.8 Å². The summed E-state index contributed by atoms with van der Waals surface area (Å²) in [7, 11) is 0. The highest BCUT2D eigenvalue weighted by atomic mass is 32.1. The predicted molar refractivity (Wildman–Crippen MR) is 65.6 cm³/mol. The van der Waals surface area contributed by atoms with Crippen LogP contribution in [0.3, 0.4) is 0 Å². The Bertz CT molecular complexity index is 251. The van der Waals surface area contributed by atoms with Crippen LogP contribution in [0.15, 0.2) is 0 Å². The lowest BCUT2D eigenvalue weighted by Crippen LogP contribution is -2.42. The molecule has 0 radical (unpaired) electrons. The summed E-state index contributed by atoms with van der Waals surface area (Å²) in [5, 5.41) is 0. The third-order valence-corrected chi connectivity index (χ3v) is 3.07. The van der Waals surface area contributed by atoms with E-state index in [9.17, 15) is 4.79 Å². The van der Waals surface area contributed by atoms with Crippen molar-refractivity contribution in [2.24, 2.45) is 11.7 Å². The van der Waals surface area contributed by atoms with E-state index < -0.39 is 0 Å². The number of nitrogens with two attached hydrogens (primary N) is 1. The molecule has 0 aromatic heterocycles. The molecule has 0 bridgehead atoms. The van der Waals surface area contributed by atoms with Crippen LogP contribution in [0.1, 0.15) is 39.5 Å². The molecular formula is C11H20N2OS. The van der Waals surface area contributed by atoms with Gasteiger partial charge in [-0.1, -0.05) is 26.1 Å². The molecule has 1 unspecified atom stereocenters. The molecule has 1 atom stereocenters. The lowest BCUT2D eigenvalue weighted by Gasteiger charge is -2.26. The molecule has 86 valence electrons. The lowest BCUT2D eigenvalue weighted by atomic mass is 10.0. The number of thiocarbonyl (C=S) groups is 1. The van der Waals surface area contributed by atoms with E-state index in [2.05, 4.69) is 6.92 Å². The van der Waals surface area contributed by atoms with E-state index in [1.165, 1.54) is 0 Å². The molecular weight excluding hydrogens is 208 g/mol. The molecule has 1 saturated carbocycles. The van der Waals surface area contributed by atoms with E-state index in [1.54, 1.807) is 0 Å². The zero-order valence-electron chi connectivity index (χ0n) is 9.53. The molecule has 1 rings (SSSR count). The fourth-order valence-corrected chi connectivity index (χ4v) is 2.06. The number of hydrogen-bond acceptors (Lipinski definition) is 2. The van der Waals surface area contributed by atoms with Gasteiger partial charge in [-0.15, -0.1) is 0 Å². The van der Waals surface area contributed by atoms with Crippen LogP contribution in [0.25, 0.3) is 0 Å². The van der Waals surface area contributed by atoms with Crippen molar-refractivity contribution in [3.8, 4) is 0 Å². The number of rotatable bonds is 6. The van der Waals surface area contributed by atoms with Gasteiger partial charge in [-0.2, -0.15) is 0 Å². The van der Waals surface area contributed by atoms with E-state index in [0.29, 0.717) is 17.5 Å². The Kier molecular flexibility index (Phi) is 4.51. The van der Waals surface area contributed by atoms with Gasteiger partial charge < -0.3 is 10.6 Å². The number of hydrogen-bond donors (Lipinski definition) is 1. The standard InChI is InChI=1S/C11H20N2OS/c1-3-7-13(8-5-6-8)11(14)9(4-2)10(12)15/h8-9H,3-7H2,1-2H3,(H2,12,15). The maximum atomic E-state index is 12.1. The zero-order valence-corrected chi connectivity index (χ0v) is 10.3. The first-order valence-corrected chi connectivity index (χ1v) is 6.12. The highest BCUT2D eigenvalue weighted by Crippen LogP contribution is 2.28. The summed E-state index contributed by atoms with van der Waals surface area (Å²) in [4.78, 5) is 14.4. The second-order valence-corrected chi connectivity index (χ2v) is 4.60. The highest BCUT2D eigenvalue weighted by Gasteiger charge is 2.35. The van der Waals surface area contributed by atoms with Crippen LogP contribution in [0, 0.1) is 5.92 Å². The van der Waals surface area contributed by atoms with Crippen LogP contribution >= 0.6 is 12.2 Å². The van der Waals surface area contributed by atoms with Crippen molar-refractivity contribution in [1.82, 2.24) is 4.90 Å². The molecule has 0 aliphatic heterocycles. The number of amides is 1. The Morgan fingerprint density at radius 3 is 2.47 bits per heavy atom. The second kappa shape index (κ2) is 5.45. The summed E-state index contributed by atoms with van der Waals surface area (Å²) in [6.45, 7) is 4.88. The van der Waals surface area contributed by atoms with Gasteiger partial charge in [-0.05, 0) is 25.7 Å². The van der Waals surface area contributed by atoms with Gasteiger partial charge in [0.1, 0.15) is 0 Å². The first-order chi connectivity index (χ1) is 7.11. The van der Waals surface area contributed by atoms with Crippen LogP contribution < -0.4 is 5.73 Å². The summed E-state index contributed by atoms with van der Waals surface area (Å²) in [5.41, 5.74) is 5.59. The predicted octanol–water partition coefficient (Wildman–Crippen LogP) is 1.70. The minimum atomic E-state index is -0.257. The average Bonchev–Trinajstić information content (AvgIpc) is 2.97. The van der Waals surface area contributed by atoms with Crippen molar-refractivity contribution in [1.29, 1.82) is 0 Å². The number of carbonyl (C=O) groups is 1. The Balaban J connectivity index is 2.64. The molecule has 1 fully saturated rings. The summed E-state index contributed by atoms with van der Waals surface area (Å²) in [6.07, 6.45) is 3.98.